The number of aryl methyl sites for hydroxylation is 1. The van der Waals surface area contributed by atoms with Gasteiger partial charge in [-0.2, -0.15) is 0 Å². The fraction of sp³-hybridized carbons (Fsp3) is 0.235. The van der Waals surface area contributed by atoms with Crippen molar-refractivity contribution in [1.29, 1.82) is 0 Å². The molecule has 0 spiro atoms. The lowest BCUT2D eigenvalue weighted by Gasteiger charge is -2.21. The first-order chi connectivity index (χ1) is 11.7. The molecule has 6 nitrogen and oxygen atoms in total. The molecule has 2 aromatic heterocycles. The van der Waals surface area contributed by atoms with Crippen LogP contribution in [0.3, 0.4) is 0 Å². The van der Waals surface area contributed by atoms with E-state index < -0.39 is 0 Å². The second-order valence-electron chi connectivity index (χ2n) is 5.16. The van der Waals surface area contributed by atoms with Crippen molar-refractivity contribution in [2.45, 2.75) is 11.1 Å². The van der Waals surface area contributed by atoms with Crippen LogP contribution in [0.15, 0.2) is 54.1 Å². The summed E-state index contributed by atoms with van der Waals surface area (Å²) in [5.74, 6) is 2.36. The van der Waals surface area contributed by atoms with Crippen LogP contribution < -0.4 is 10.1 Å². The van der Waals surface area contributed by atoms with Gasteiger partial charge < -0.3 is 14.6 Å². The zero-order valence-electron chi connectivity index (χ0n) is 13.8. The summed E-state index contributed by atoms with van der Waals surface area (Å²) in [6.07, 6.45) is 9.14. The third-order valence-electron chi connectivity index (χ3n) is 3.68. The van der Waals surface area contributed by atoms with Gasteiger partial charge in [0.25, 0.3) is 0 Å². The van der Waals surface area contributed by atoms with Gasteiger partial charge in [-0.05, 0) is 12.3 Å². The maximum atomic E-state index is 5.53. The molecule has 0 radical (unpaired) electrons. The average molecular weight is 341 g/mol. The Morgan fingerprint density at radius 3 is 2.79 bits per heavy atom. The van der Waals surface area contributed by atoms with E-state index in [0.717, 1.165) is 22.2 Å². The number of anilines is 1. The minimum Gasteiger partial charge on any atom is -0.496 e. The van der Waals surface area contributed by atoms with E-state index >= 15 is 0 Å². The number of hydrogen-bond donors (Lipinski definition) is 1. The number of para-hydroxylation sites is 1. The number of aromatic nitrogens is 4. The molecular weight excluding hydrogens is 322 g/mol. The Kier molecular flexibility index (Phi) is 5.00. The summed E-state index contributed by atoms with van der Waals surface area (Å²) in [5.41, 5.74) is 0.991. The van der Waals surface area contributed by atoms with Gasteiger partial charge in [-0.1, -0.05) is 18.2 Å². The Hall–Kier alpha value is -2.54. The number of methoxy groups -OCH3 is 1. The molecule has 0 bridgehead atoms. The zero-order chi connectivity index (χ0) is 16.9. The molecule has 0 aliphatic carbocycles. The fourth-order valence-electron chi connectivity index (χ4n) is 2.51. The molecule has 1 atom stereocenters. The number of rotatable bonds is 6. The first kappa shape index (κ1) is 16.3. The van der Waals surface area contributed by atoms with Crippen LogP contribution in [0.4, 0.5) is 5.82 Å². The van der Waals surface area contributed by atoms with Gasteiger partial charge >= 0.3 is 0 Å². The molecule has 1 N–H and O–H groups in total. The van der Waals surface area contributed by atoms with Crippen LogP contribution in [0.1, 0.15) is 17.4 Å². The number of imidazole rings is 1. The van der Waals surface area contributed by atoms with E-state index in [1.54, 1.807) is 37.5 Å². The normalized spacial score (nSPS) is 12.0. The Balaban J connectivity index is 2.04. The lowest BCUT2D eigenvalue weighted by molar-refractivity contribution is 0.408. The van der Waals surface area contributed by atoms with Crippen LogP contribution in [0.5, 0.6) is 5.75 Å². The summed E-state index contributed by atoms with van der Waals surface area (Å²) < 4.78 is 7.51. The van der Waals surface area contributed by atoms with Crippen molar-refractivity contribution in [3.05, 3.63) is 60.4 Å². The number of ether oxygens (including phenoxy) is 1. The zero-order valence-corrected chi connectivity index (χ0v) is 14.6. The molecule has 0 unspecified atom stereocenters. The van der Waals surface area contributed by atoms with E-state index in [9.17, 15) is 0 Å². The number of thioether (sulfide) groups is 1. The van der Waals surface area contributed by atoms with E-state index in [1.807, 2.05) is 48.3 Å². The van der Waals surface area contributed by atoms with Crippen LogP contribution in [-0.2, 0) is 7.05 Å². The Labute approximate surface area is 145 Å². The Bertz CT molecular complexity index is 820. The maximum Gasteiger partial charge on any atom is 0.146 e. The van der Waals surface area contributed by atoms with Crippen LogP contribution in [0.25, 0.3) is 0 Å². The van der Waals surface area contributed by atoms with Crippen molar-refractivity contribution in [2.24, 2.45) is 7.05 Å². The first-order valence-corrected chi connectivity index (χ1v) is 8.68. The molecule has 0 aliphatic heterocycles. The minimum atomic E-state index is -0.201. The summed E-state index contributed by atoms with van der Waals surface area (Å²) in [6, 6.07) is 7.70. The summed E-state index contributed by atoms with van der Waals surface area (Å²) >= 11 is 1.56. The molecule has 0 saturated heterocycles. The molecule has 7 heteroatoms. The molecule has 0 saturated carbocycles. The molecule has 3 rings (SSSR count). The molecule has 124 valence electrons. The van der Waals surface area contributed by atoms with Gasteiger partial charge in [0.15, 0.2) is 0 Å². The highest BCUT2D eigenvalue weighted by Gasteiger charge is 2.22. The largest absolute Gasteiger partial charge is 0.496 e. The van der Waals surface area contributed by atoms with Crippen LogP contribution in [0, 0.1) is 0 Å². The van der Waals surface area contributed by atoms with Crippen molar-refractivity contribution >= 4 is 17.6 Å². The predicted octanol–water partition coefficient (Wildman–Crippen LogP) is 3.14. The topological polar surface area (TPSA) is 64.9 Å². The highest BCUT2D eigenvalue weighted by molar-refractivity contribution is 7.98. The lowest BCUT2D eigenvalue weighted by atomic mass is 10.0. The van der Waals surface area contributed by atoms with Crippen molar-refractivity contribution in [3.63, 3.8) is 0 Å². The molecule has 3 aromatic rings. The van der Waals surface area contributed by atoms with Gasteiger partial charge in [-0.3, -0.25) is 4.98 Å². The highest BCUT2D eigenvalue weighted by atomic mass is 32.2. The summed E-state index contributed by atoms with van der Waals surface area (Å²) in [5, 5.41) is 4.30. The summed E-state index contributed by atoms with van der Waals surface area (Å²) in [4.78, 5) is 13.3. The second kappa shape index (κ2) is 7.35. The SMILES string of the molecule is COc1ccccc1[C@@H](Nc1cncc(SC)n1)c1nccn1C. The van der Waals surface area contributed by atoms with E-state index in [2.05, 4.69) is 20.3 Å². The molecular formula is C17H19N5OS. The van der Waals surface area contributed by atoms with Crippen LogP contribution in [-0.4, -0.2) is 32.9 Å². The summed E-state index contributed by atoms with van der Waals surface area (Å²) in [7, 11) is 3.64. The quantitative estimate of drug-likeness (QED) is 0.695. The Morgan fingerprint density at radius 2 is 2.08 bits per heavy atom. The molecule has 0 fully saturated rings. The summed E-state index contributed by atoms with van der Waals surface area (Å²) in [6.45, 7) is 0. The van der Waals surface area contributed by atoms with E-state index in [0.29, 0.717) is 5.82 Å². The standard InChI is InChI=1S/C17H19N5OS/c1-22-9-8-19-17(22)16(12-6-4-5-7-13(12)23-2)21-14-10-18-11-15(20-14)24-3/h4-11,16H,1-3H3,(H,20,21)/t16-/m1/s1. The third kappa shape index (κ3) is 3.35. The van der Waals surface area contributed by atoms with E-state index in [4.69, 9.17) is 4.74 Å². The van der Waals surface area contributed by atoms with Crippen molar-refractivity contribution in [1.82, 2.24) is 19.5 Å². The molecule has 0 aliphatic rings. The van der Waals surface area contributed by atoms with Crippen molar-refractivity contribution in [3.8, 4) is 5.75 Å². The molecule has 24 heavy (non-hydrogen) atoms. The third-order valence-corrected chi connectivity index (χ3v) is 4.30. The van der Waals surface area contributed by atoms with Crippen molar-refractivity contribution < 1.29 is 4.74 Å². The van der Waals surface area contributed by atoms with Crippen LogP contribution >= 0.6 is 11.8 Å². The molecule has 0 amide bonds. The minimum absolute atomic E-state index is 0.201. The monoisotopic (exact) mass is 341 g/mol. The second-order valence-corrected chi connectivity index (χ2v) is 5.99. The van der Waals surface area contributed by atoms with Gasteiger partial charge in [0, 0.05) is 25.0 Å². The highest BCUT2D eigenvalue weighted by Crippen LogP contribution is 2.31. The number of hydrogen-bond acceptors (Lipinski definition) is 6. The Morgan fingerprint density at radius 1 is 1.25 bits per heavy atom. The van der Waals surface area contributed by atoms with Gasteiger partial charge in [0.05, 0.1) is 19.5 Å². The van der Waals surface area contributed by atoms with E-state index in [-0.39, 0.29) is 6.04 Å². The average Bonchev–Trinajstić information content (AvgIpc) is 3.05. The van der Waals surface area contributed by atoms with Gasteiger partial charge in [0.1, 0.15) is 28.5 Å². The molecule has 1 aromatic carbocycles. The van der Waals surface area contributed by atoms with Gasteiger partial charge in [-0.15, -0.1) is 11.8 Å². The van der Waals surface area contributed by atoms with Crippen molar-refractivity contribution in [2.75, 3.05) is 18.7 Å². The van der Waals surface area contributed by atoms with Crippen LogP contribution in [0.2, 0.25) is 0 Å². The fourth-order valence-corrected chi connectivity index (χ4v) is 2.86. The molecule has 2 heterocycles. The predicted molar refractivity (Wildman–Crippen MR) is 95.5 cm³/mol. The maximum absolute atomic E-state index is 5.53. The first-order valence-electron chi connectivity index (χ1n) is 7.45. The number of nitrogens with one attached hydrogen (secondary N) is 1. The lowest BCUT2D eigenvalue weighted by Crippen LogP contribution is -2.18. The smallest absolute Gasteiger partial charge is 0.146 e. The number of nitrogens with zero attached hydrogens (tertiary/aromatic N) is 4. The van der Waals surface area contributed by atoms with Gasteiger partial charge in [0.2, 0.25) is 0 Å². The number of benzene rings is 1. The van der Waals surface area contributed by atoms with Gasteiger partial charge in [-0.25, -0.2) is 9.97 Å². The van der Waals surface area contributed by atoms with E-state index in [1.165, 1.54) is 0 Å².